The lowest BCUT2D eigenvalue weighted by Gasteiger charge is -2.29. The van der Waals surface area contributed by atoms with Crippen molar-refractivity contribution in [3.05, 3.63) is 35.4 Å². The summed E-state index contributed by atoms with van der Waals surface area (Å²) in [5.74, 6) is 0. The van der Waals surface area contributed by atoms with Gasteiger partial charge in [-0.1, -0.05) is 36.2 Å². The first-order chi connectivity index (χ1) is 7.27. The second-order valence-corrected chi connectivity index (χ2v) is 4.50. The van der Waals surface area contributed by atoms with Gasteiger partial charge in [-0.25, -0.2) is 0 Å². The number of hydrogen-bond acceptors (Lipinski definition) is 2. The molecule has 0 amide bonds. The maximum atomic E-state index is 6.28. The molecule has 0 aliphatic carbocycles. The smallest absolute Gasteiger partial charge is 0.0450 e. The summed E-state index contributed by atoms with van der Waals surface area (Å²) in [5.41, 5.74) is 8.83. The molecular formula is C13H20N2. The van der Waals surface area contributed by atoms with Crippen LogP contribution in [0, 0.1) is 6.92 Å². The van der Waals surface area contributed by atoms with Crippen molar-refractivity contribution in [3.63, 3.8) is 0 Å². The second kappa shape index (κ2) is 4.77. The SMILES string of the molecule is Cc1cccc(C(N)C2CCCCN2)c1. The van der Waals surface area contributed by atoms with Gasteiger partial charge < -0.3 is 11.1 Å². The fourth-order valence-corrected chi connectivity index (χ4v) is 2.30. The van der Waals surface area contributed by atoms with E-state index in [9.17, 15) is 0 Å². The van der Waals surface area contributed by atoms with Gasteiger partial charge in [0.25, 0.3) is 0 Å². The molecule has 1 aliphatic rings. The maximum Gasteiger partial charge on any atom is 0.0450 e. The van der Waals surface area contributed by atoms with E-state index in [2.05, 4.69) is 36.5 Å². The zero-order valence-electron chi connectivity index (χ0n) is 9.37. The van der Waals surface area contributed by atoms with Crippen LogP contribution in [-0.2, 0) is 0 Å². The summed E-state index contributed by atoms with van der Waals surface area (Å²) in [7, 11) is 0. The summed E-state index contributed by atoms with van der Waals surface area (Å²) in [5, 5.41) is 3.51. The Morgan fingerprint density at radius 3 is 2.93 bits per heavy atom. The zero-order valence-corrected chi connectivity index (χ0v) is 9.37. The zero-order chi connectivity index (χ0) is 10.7. The van der Waals surface area contributed by atoms with Crippen LogP contribution in [-0.4, -0.2) is 12.6 Å². The quantitative estimate of drug-likeness (QED) is 0.774. The predicted molar refractivity (Wildman–Crippen MR) is 63.7 cm³/mol. The van der Waals surface area contributed by atoms with E-state index in [0.717, 1.165) is 6.54 Å². The van der Waals surface area contributed by atoms with Gasteiger partial charge in [0.15, 0.2) is 0 Å². The second-order valence-electron chi connectivity index (χ2n) is 4.50. The molecule has 2 unspecified atom stereocenters. The summed E-state index contributed by atoms with van der Waals surface area (Å²) < 4.78 is 0. The number of nitrogens with one attached hydrogen (secondary N) is 1. The van der Waals surface area contributed by atoms with Crippen molar-refractivity contribution in [2.24, 2.45) is 5.73 Å². The third-order valence-corrected chi connectivity index (χ3v) is 3.21. The van der Waals surface area contributed by atoms with E-state index >= 15 is 0 Å². The van der Waals surface area contributed by atoms with Crippen molar-refractivity contribution in [3.8, 4) is 0 Å². The monoisotopic (exact) mass is 204 g/mol. The van der Waals surface area contributed by atoms with Crippen LogP contribution in [0.2, 0.25) is 0 Å². The highest BCUT2D eigenvalue weighted by molar-refractivity contribution is 5.26. The largest absolute Gasteiger partial charge is 0.323 e. The lowest BCUT2D eigenvalue weighted by molar-refractivity contribution is 0.353. The van der Waals surface area contributed by atoms with Crippen LogP contribution in [0.1, 0.15) is 36.4 Å². The number of rotatable bonds is 2. The Hall–Kier alpha value is -0.860. The Bertz CT molecular complexity index is 316. The van der Waals surface area contributed by atoms with E-state index in [4.69, 9.17) is 5.73 Å². The molecule has 15 heavy (non-hydrogen) atoms. The van der Waals surface area contributed by atoms with E-state index in [0.29, 0.717) is 6.04 Å². The Morgan fingerprint density at radius 2 is 2.27 bits per heavy atom. The summed E-state index contributed by atoms with van der Waals surface area (Å²) in [4.78, 5) is 0. The van der Waals surface area contributed by atoms with Crippen LogP contribution in [0.3, 0.4) is 0 Å². The van der Waals surface area contributed by atoms with Crippen LogP contribution in [0.4, 0.5) is 0 Å². The van der Waals surface area contributed by atoms with Gasteiger partial charge in [0, 0.05) is 12.1 Å². The summed E-state index contributed by atoms with van der Waals surface area (Å²) in [6, 6.07) is 9.14. The number of piperidine rings is 1. The Kier molecular flexibility index (Phi) is 3.39. The van der Waals surface area contributed by atoms with Gasteiger partial charge in [0.2, 0.25) is 0 Å². The lowest BCUT2D eigenvalue weighted by Crippen LogP contribution is -2.42. The van der Waals surface area contributed by atoms with Crippen molar-refractivity contribution in [1.82, 2.24) is 5.32 Å². The van der Waals surface area contributed by atoms with Gasteiger partial charge in [-0.2, -0.15) is 0 Å². The minimum Gasteiger partial charge on any atom is -0.323 e. The van der Waals surface area contributed by atoms with Crippen LogP contribution in [0.25, 0.3) is 0 Å². The van der Waals surface area contributed by atoms with Gasteiger partial charge in [0.1, 0.15) is 0 Å². The van der Waals surface area contributed by atoms with Crippen molar-refractivity contribution >= 4 is 0 Å². The van der Waals surface area contributed by atoms with Crippen molar-refractivity contribution in [2.75, 3.05) is 6.54 Å². The normalized spacial score (nSPS) is 23.7. The molecule has 1 aromatic rings. The molecule has 1 heterocycles. The average Bonchev–Trinajstić information content (AvgIpc) is 2.29. The van der Waals surface area contributed by atoms with Crippen LogP contribution in [0.5, 0.6) is 0 Å². The summed E-state index contributed by atoms with van der Waals surface area (Å²) in [6.07, 6.45) is 3.79. The minimum atomic E-state index is 0.144. The van der Waals surface area contributed by atoms with E-state index in [1.165, 1.54) is 30.4 Å². The van der Waals surface area contributed by atoms with Gasteiger partial charge in [-0.05, 0) is 31.9 Å². The van der Waals surface area contributed by atoms with Crippen molar-refractivity contribution in [1.29, 1.82) is 0 Å². The number of aryl methyl sites for hydroxylation is 1. The molecule has 1 aliphatic heterocycles. The predicted octanol–water partition coefficient (Wildman–Crippen LogP) is 2.14. The number of nitrogens with two attached hydrogens (primary N) is 1. The Balaban J connectivity index is 2.08. The molecule has 3 N–H and O–H groups in total. The number of benzene rings is 1. The van der Waals surface area contributed by atoms with Gasteiger partial charge >= 0.3 is 0 Å². The standard InChI is InChI=1S/C13H20N2/c1-10-5-4-6-11(9-10)13(14)12-7-2-3-8-15-12/h4-6,9,12-13,15H,2-3,7-8,14H2,1H3. The highest BCUT2D eigenvalue weighted by atomic mass is 15.0. The van der Waals surface area contributed by atoms with Crippen LogP contribution in [0.15, 0.2) is 24.3 Å². The maximum absolute atomic E-state index is 6.28. The molecule has 1 saturated heterocycles. The molecule has 0 bridgehead atoms. The molecule has 82 valence electrons. The molecular weight excluding hydrogens is 184 g/mol. The summed E-state index contributed by atoms with van der Waals surface area (Å²) in [6.45, 7) is 3.23. The van der Waals surface area contributed by atoms with E-state index in [-0.39, 0.29) is 6.04 Å². The first kappa shape index (κ1) is 10.7. The molecule has 0 aromatic heterocycles. The molecule has 2 rings (SSSR count). The van der Waals surface area contributed by atoms with Gasteiger partial charge in [-0.3, -0.25) is 0 Å². The Morgan fingerprint density at radius 1 is 1.40 bits per heavy atom. The fraction of sp³-hybridized carbons (Fsp3) is 0.538. The van der Waals surface area contributed by atoms with E-state index in [1.54, 1.807) is 0 Å². The first-order valence-electron chi connectivity index (χ1n) is 5.83. The Labute approximate surface area is 91.9 Å². The minimum absolute atomic E-state index is 0.144. The van der Waals surface area contributed by atoms with Crippen molar-refractivity contribution < 1.29 is 0 Å². The van der Waals surface area contributed by atoms with Gasteiger partial charge in [-0.15, -0.1) is 0 Å². The topological polar surface area (TPSA) is 38.0 Å². The lowest BCUT2D eigenvalue weighted by atomic mass is 9.93. The molecule has 0 saturated carbocycles. The van der Waals surface area contributed by atoms with Crippen LogP contribution < -0.4 is 11.1 Å². The molecule has 1 aromatic carbocycles. The van der Waals surface area contributed by atoms with Crippen LogP contribution >= 0.6 is 0 Å². The molecule has 2 heteroatoms. The molecule has 2 nitrogen and oxygen atoms in total. The molecule has 0 spiro atoms. The van der Waals surface area contributed by atoms with Crippen molar-refractivity contribution in [2.45, 2.75) is 38.3 Å². The third-order valence-electron chi connectivity index (χ3n) is 3.21. The number of hydrogen-bond donors (Lipinski definition) is 2. The summed E-state index contributed by atoms with van der Waals surface area (Å²) >= 11 is 0. The first-order valence-corrected chi connectivity index (χ1v) is 5.83. The van der Waals surface area contributed by atoms with E-state index in [1.807, 2.05) is 0 Å². The molecule has 0 radical (unpaired) electrons. The fourth-order valence-electron chi connectivity index (χ4n) is 2.30. The van der Waals surface area contributed by atoms with E-state index < -0.39 is 0 Å². The average molecular weight is 204 g/mol. The highest BCUT2D eigenvalue weighted by Gasteiger charge is 2.20. The molecule has 2 atom stereocenters. The highest BCUT2D eigenvalue weighted by Crippen LogP contribution is 2.21. The third kappa shape index (κ3) is 2.58. The van der Waals surface area contributed by atoms with Gasteiger partial charge in [0.05, 0.1) is 0 Å². The molecule has 1 fully saturated rings.